The second kappa shape index (κ2) is 16.3. The number of carbonyl (C=O) groups is 2. The van der Waals surface area contributed by atoms with E-state index in [1.165, 1.54) is 0 Å². The molecule has 0 aromatic carbocycles. The van der Waals surface area contributed by atoms with Crippen LogP contribution in [0.15, 0.2) is 36.5 Å². The maximum Gasteiger partial charge on any atom is 0.303 e. The van der Waals surface area contributed by atoms with Gasteiger partial charge in [0.25, 0.3) is 0 Å². The second-order valence-corrected chi connectivity index (χ2v) is 5.31. The normalized spacial score (nSPS) is 11.4. The number of ketones is 1. The summed E-state index contributed by atoms with van der Waals surface area (Å²) in [4.78, 5) is 21.8. The molecule has 0 fully saturated rings. The van der Waals surface area contributed by atoms with Gasteiger partial charge in [-0.15, -0.1) is 12.3 Å². The van der Waals surface area contributed by atoms with E-state index < -0.39 is 5.97 Å². The molecule has 0 aromatic rings. The number of carboxylic acid groups (broad SMARTS) is 1. The average molecular weight is 316 g/mol. The SMILES string of the molecule is C#CCCCC(=O)CCC=CCC=CCC=CCCCC(=O)O. The fourth-order valence-electron chi connectivity index (χ4n) is 1.91. The lowest BCUT2D eigenvalue weighted by atomic mass is 10.1. The summed E-state index contributed by atoms with van der Waals surface area (Å²) in [5, 5.41) is 8.49. The summed E-state index contributed by atoms with van der Waals surface area (Å²) in [6, 6.07) is 0. The van der Waals surface area contributed by atoms with Crippen molar-refractivity contribution < 1.29 is 14.7 Å². The van der Waals surface area contributed by atoms with Gasteiger partial charge in [-0.1, -0.05) is 36.5 Å². The summed E-state index contributed by atoms with van der Waals surface area (Å²) >= 11 is 0. The van der Waals surface area contributed by atoms with Crippen LogP contribution in [-0.2, 0) is 9.59 Å². The molecule has 1 N–H and O–H groups in total. The van der Waals surface area contributed by atoms with Crippen molar-refractivity contribution in [2.45, 2.75) is 64.2 Å². The summed E-state index contributed by atoms with van der Waals surface area (Å²) in [5.41, 5.74) is 0. The van der Waals surface area contributed by atoms with Gasteiger partial charge in [-0.25, -0.2) is 0 Å². The quantitative estimate of drug-likeness (QED) is 0.283. The van der Waals surface area contributed by atoms with Crippen LogP contribution in [0.5, 0.6) is 0 Å². The van der Waals surface area contributed by atoms with Gasteiger partial charge in [0, 0.05) is 25.7 Å². The minimum absolute atomic E-state index is 0.234. The highest BCUT2D eigenvalue weighted by Gasteiger charge is 1.98. The molecule has 23 heavy (non-hydrogen) atoms. The van der Waals surface area contributed by atoms with E-state index >= 15 is 0 Å². The lowest BCUT2D eigenvalue weighted by molar-refractivity contribution is -0.137. The molecule has 0 saturated carbocycles. The third-order valence-electron chi connectivity index (χ3n) is 3.17. The Bertz CT molecular complexity index is 450. The number of unbranched alkanes of at least 4 members (excludes halogenated alkanes) is 2. The fourth-order valence-corrected chi connectivity index (χ4v) is 1.91. The highest BCUT2D eigenvalue weighted by atomic mass is 16.4. The van der Waals surface area contributed by atoms with Crippen molar-refractivity contribution in [3.05, 3.63) is 36.5 Å². The van der Waals surface area contributed by atoms with E-state index in [1.54, 1.807) is 0 Å². The molecule has 0 rings (SSSR count). The molecule has 0 saturated heterocycles. The van der Waals surface area contributed by atoms with Gasteiger partial charge in [0.05, 0.1) is 0 Å². The van der Waals surface area contributed by atoms with Crippen molar-refractivity contribution in [2.75, 3.05) is 0 Å². The third-order valence-corrected chi connectivity index (χ3v) is 3.17. The molecule has 0 aromatic heterocycles. The van der Waals surface area contributed by atoms with Gasteiger partial charge in [-0.05, 0) is 38.5 Å². The smallest absolute Gasteiger partial charge is 0.303 e. The van der Waals surface area contributed by atoms with Gasteiger partial charge >= 0.3 is 5.97 Å². The predicted octanol–water partition coefficient (Wildman–Crippen LogP) is 4.84. The molecular weight excluding hydrogens is 288 g/mol. The van der Waals surface area contributed by atoms with Crippen LogP contribution >= 0.6 is 0 Å². The standard InChI is InChI=1S/C20H28O3/c1-2-3-13-16-19(21)17-14-11-9-7-5-4-6-8-10-12-15-18-20(22)23/h1,4-5,8-11H,3,6-7,12-18H2,(H,22,23). The van der Waals surface area contributed by atoms with Crippen molar-refractivity contribution in [3.63, 3.8) is 0 Å². The topological polar surface area (TPSA) is 54.4 Å². The van der Waals surface area contributed by atoms with Gasteiger partial charge in [0.1, 0.15) is 5.78 Å². The molecule has 3 heteroatoms. The van der Waals surface area contributed by atoms with Gasteiger partial charge in [0.2, 0.25) is 0 Å². The summed E-state index contributed by atoms with van der Waals surface area (Å²) in [6.45, 7) is 0. The molecule has 0 aliphatic rings. The monoisotopic (exact) mass is 316 g/mol. The van der Waals surface area contributed by atoms with Crippen molar-refractivity contribution in [1.29, 1.82) is 0 Å². The first-order chi connectivity index (χ1) is 11.2. The third kappa shape index (κ3) is 17.9. The predicted molar refractivity (Wildman–Crippen MR) is 95.1 cm³/mol. The van der Waals surface area contributed by atoms with E-state index in [0.29, 0.717) is 25.7 Å². The summed E-state index contributed by atoms with van der Waals surface area (Å²) in [7, 11) is 0. The molecule has 126 valence electrons. The van der Waals surface area contributed by atoms with Gasteiger partial charge in [-0.2, -0.15) is 0 Å². The zero-order valence-electron chi connectivity index (χ0n) is 13.9. The molecule has 0 unspecified atom stereocenters. The average Bonchev–Trinajstić information content (AvgIpc) is 2.51. The summed E-state index contributed by atoms with van der Waals surface area (Å²) < 4.78 is 0. The van der Waals surface area contributed by atoms with E-state index in [0.717, 1.165) is 32.1 Å². The zero-order valence-corrected chi connectivity index (χ0v) is 13.9. The minimum atomic E-state index is -0.737. The number of allylic oxidation sites excluding steroid dienone is 6. The maximum atomic E-state index is 11.5. The van der Waals surface area contributed by atoms with Crippen LogP contribution in [0.25, 0.3) is 0 Å². The fraction of sp³-hybridized carbons (Fsp3) is 0.500. The number of carbonyl (C=O) groups excluding carboxylic acids is 1. The number of terminal acetylenes is 1. The Balaban J connectivity index is 3.48. The molecule has 0 spiro atoms. The first-order valence-electron chi connectivity index (χ1n) is 8.28. The highest BCUT2D eigenvalue weighted by Crippen LogP contribution is 2.03. The number of aliphatic carboxylic acids is 1. The van der Waals surface area contributed by atoms with Crippen LogP contribution in [0.2, 0.25) is 0 Å². The van der Waals surface area contributed by atoms with Crippen molar-refractivity contribution in [2.24, 2.45) is 0 Å². The van der Waals surface area contributed by atoms with Crippen LogP contribution in [0.1, 0.15) is 64.2 Å². The maximum absolute atomic E-state index is 11.5. The highest BCUT2D eigenvalue weighted by molar-refractivity contribution is 5.78. The number of carboxylic acids is 1. The Hall–Kier alpha value is -2.08. The summed E-state index contributed by atoms with van der Waals surface area (Å²) in [6.07, 6.45) is 24.5. The Kier molecular flexibility index (Phi) is 14.8. The molecule has 0 aliphatic carbocycles. The van der Waals surface area contributed by atoms with E-state index in [1.807, 2.05) is 12.2 Å². The molecule has 0 aliphatic heterocycles. The van der Waals surface area contributed by atoms with Crippen LogP contribution in [0, 0.1) is 12.3 Å². The van der Waals surface area contributed by atoms with E-state index in [-0.39, 0.29) is 12.2 Å². The molecule has 0 atom stereocenters. The lowest BCUT2D eigenvalue weighted by Gasteiger charge is -1.95. The lowest BCUT2D eigenvalue weighted by Crippen LogP contribution is -1.95. The number of hydrogen-bond donors (Lipinski definition) is 1. The molecular formula is C20H28O3. The Labute approximate surface area is 140 Å². The largest absolute Gasteiger partial charge is 0.481 e. The van der Waals surface area contributed by atoms with E-state index in [4.69, 9.17) is 11.5 Å². The van der Waals surface area contributed by atoms with E-state index in [9.17, 15) is 9.59 Å². The molecule has 0 heterocycles. The van der Waals surface area contributed by atoms with Crippen LogP contribution in [0.3, 0.4) is 0 Å². The molecule has 0 amide bonds. The van der Waals surface area contributed by atoms with Crippen LogP contribution in [-0.4, -0.2) is 16.9 Å². The first-order valence-corrected chi connectivity index (χ1v) is 8.28. The number of Topliss-reactive ketones (excluding diaryl/α,β-unsaturated/α-hetero) is 1. The van der Waals surface area contributed by atoms with Gasteiger partial charge < -0.3 is 5.11 Å². The Morgan fingerprint density at radius 2 is 1.43 bits per heavy atom. The van der Waals surface area contributed by atoms with Crippen molar-refractivity contribution >= 4 is 11.8 Å². The van der Waals surface area contributed by atoms with Gasteiger partial charge in [0.15, 0.2) is 0 Å². The zero-order chi connectivity index (χ0) is 17.2. The Morgan fingerprint density at radius 3 is 2.04 bits per heavy atom. The minimum Gasteiger partial charge on any atom is -0.481 e. The van der Waals surface area contributed by atoms with E-state index in [2.05, 4.69) is 30.2 Å². The molecule has 3 nitrogen and oxygen atoms in total. The summed E-state index contributed by atoms with van der Waals surface area (Å²) in [5.74, 6) is 2.09. The Morgan fingerprint density at radius 1 is 0.826 bits per heavy atom. The molecule has 0 bridgehead atoms. The van der Waals surface area contributed by atoms with Crippen LogP contribution < -0.4 is 0 Å². The first kappa shape index (κ1) is 20.9. The number of hydrogen-bond acceptors (Lipinski definition) is 2. The second-order valence-electron chi connectivity index (χ2n) is 5.31. The van der Waals surface area contributed by atoms with Gasteiger partial charge in [-0.3, -0.25) is 9.59 Å². The van der Waals surface area contributed by atoms with Crippen LogP contribution in [0.4, 0.5) is 0 Å². The molecule has 0 radical (unpaired) electrons. The van der Waals surface area contributed by atoms with Crippen molar-refractivity contribution in [3.8, 4) is 12.3 Å². The number of rotatable bonds is 14. The van der Waals surface area contributed by atoms with Crippen molar-refractivity contribution in [1.82, 2.24) is 0 Å².